The van der Waals surface area contributed by atoms with Gasteiger partial charge >= 0.3 is 0 Å². The summed E-state index contributed by atoms with van der Waals surface area (Å²) in [6.07, 6.45) is 0. The molecule has 2 aromatic rings. The van der Waals surface area contributed by atoms with Gasteiger partial charge in [0.1, 0.15) is 5.82 Å². The summed E-state index contributed by atoms with van der Waals surface area (Å²) in [5, 5.41) is 2.41. The Bertz CT molecular complexity index is 574. The molecule has 0 unspecified atom stereocenters. The number of amides is 1. The third kappa shape index (κ3) is 2.51. The summed E-state index contributed by atoms with van der Waals surface area (Å²) in [5.74, 6) is -1.01. The van der Waals surface area contributed by atoms with Crippen LogP contribution in [-0.2, 0) is 0 Å². The molecular formula is C9H6ClFN4OS. The molecule has 0 fully saturated rings. The molecule has 8 heteroatoms. The number of carbonyl (C=O) groups is 1. The van der Waals surface area contributed by atoms with Crippen molar-refractivity contribution in [2.75, 3.05) is 11.1 Å². The third-order valence-corrected chi connectivity index (χ3v) is 2.74. The zero-order valence-electron chi connectivity index (χ0n) is 8.28. The van der Waals surface area contributed by atoms with Gasteiger partial charge in [-0.2, -0.15) is 8.75 Å². The third-order valence-electron chi connectivity index (χ3n) is 1.91. The number of carbonyl (C=O) groups excluding carboxylic acids is 1. The van der Waals surface area contributed by atoms with Gasteiger partial charge in [-0.25, -0.2) is 4.39 Å². The van der Waals surface area contributed by atoms with Gasteiger partial charge in [0, 0.05) is 5.69 Å². The van der Waals surface area contributed by atoms with E-state index >= 15 is 0 Å². The van der Waals surface area contributed by atoms with Crippen LogP contribution < -0.4 is 11.1 Å². The highest BCUT2D eigenvalue weighted by molar-refractivity contribution is 6.99. The lowest BCUT2D eigenvalue weighted by Gasteiger charge is -2.04. The Morgan fingerprint density at radius 2 is 2.24 bits per heavy atom. The number of anilines is 2. The molecule has 0 bridgehead atoms. The molecule has 17 heavy (non-hydrogen) atoms. The van der Waals surface area contributed by atoms with Crippen LogP contribution >= 0.6 is 23.3 Å². The molecule has 0 radical (unpaired) electrons. The van der Waals surface area contributed by atoms with Crippen LogP contribution in [0.15, 0.2) is 18.2 Å². The molecule has 0 saturated heterocycles. The van der Waals surface area contributed by atoms with Crippen LogP contribution in [0, 0.1) is 5.82 Å². The summed E-state index contributed by atoms with van der Waals surface area (Å²) in [6, 6.07) is 3.83. The zero-order valence-corrected chi connectivity index (χ0v) is 9.85. The fourth-order valence-corrected chi connectivity index (χ4v) is 1.77. The van der Waals surface area contributed by atoms with Crippen LogP contribution in [0.4, 0.5) is 15.9 Å². The molecule has 5 nitrogen and oxygen atoms in total. The zero-order chi connectivity index (χ0) is 12.4. The highest BCUT2D eigenvalue weighted by atomic mass is 35.5. The summed E-state index contributed by atoms with van der Waals surface area (Å²) in [7, 11) is 0. The Morgan fingerprint density at radius 3 is 2.82 bits per heavy atom. The maximum absolute atomic E-state index is 12.9. The van der Waals surface area contributed by atoms with Crippen molar-refractivity contribution in [2.24, 2.45) is 0 Å². The Kier molecular flexibility index (Phi) is 3.21. The smallest absolute Gasteiger partial charge is 0.279 e. The SMILES string of the molecule is Nc1nsnc1C(=O)Nc1ccc(F)c(Cl)c1. The molecule has 1 aromatic carbocycles. The highest BCUT2D eigenvalue weighted by Crippen LogP contribution is 2.20. The lowest BCUT2D eigenvalue weighted by atomic mass is 10.3. The van der Waals surface area contributed by atoms with Gasteiger partial charge in [-0.15, -0.1) is 0 Å². The first kappa shape index (κ1) is 11.7. The normalized spacial score (nSPS) is 10.2. The Labute approximate surface area is 105 Å². The first-order valence-corrected chi connectivity index (χ1v) is 5.53. The standard InChI is InChI=1S/C9H6ClFN4OS/c10-5-3-4(1-2-6(5)11)13-9(16)7-8(12)15-17-14-7/h1-3H,(H2,12,15)(H,13,16). The molecule has 0 aliphatic rings. The number of nitrogen functional groups attached to an aromatic ring is 1. The monoisotopic (exact) mass is 272 g/mol. The van der Waals surface area contributed by atoms with Crippen LogP contribution in [0.25, 0.3) is 0 Å². The van der Waals surface area contributed by atoms with Gasteiger partial charge in [0.05, 0.1) is 16.8 Å². The number of hydrogen-bond donors (Lipinski definition) is 2. The van der Waals surface area contributed by atoms with Crippen molar-refractivity contribution in [1.29, 1.82) is 0 Å². The summed E-state index contributed by atoms with van der Waals surface area (Å²) >= 11 is 6.42. The second-order valence-corrected chi connectivity index (χ2v) is 4.02. The van der Waals surface area contributed by atoms with Crippen LogP contribution in [-0.4, -0.2) is 14.7 Å². The summed E-state index contributed by atoms with van der Waals surface area (Å²) in [4.78, 5) is 11.7. The van der Waals surface area contributed by atoms with Gasteiger partial charge in [0.25, 0.3) is 5.91 Å². The van der Waals surface area contributed by atoms with Crippen molar-refractivity contribution in [1.82, 2.24) is 8.75 Å². The first-order valence-electron chi connectivity index (χ1n) is 4.42. The summed E-state index contributed by atoms with van der Waals surface area (Å²) < 4.78 is 20.3. The van der Waals surface area contributed by atoms with Crippen LogP contribution in [0.5, 0.6) is 0 Å². The average Bonchev–Trinajstić information content (AvgIpc) is 2.70. The maximum atomic E-state index is 12.9. The van der Waals surface area contributed by atoms with Gasteiger partial charge in [0.2, 0.25) is 0 Å². The van der Waals surface area contributed by atoms with E-state index in [0.717, 1.165) is 17.8 Å². The van der Waals surface area contributed by atoms with E-state index in [1.165, 1.54) is 12.1 Å². The Hall–Kier alpha value is -1.73. The van der Waals surface area contributed by atoms with Gasteiger partial charge in [-0.1, -0.05) is 11.6 Å². The van der Waals surface area contributed by atoms with Gasteiger partial charge in [-0.3, -0.25) is 4.79 Å². The van der Waals surface area contributed by atoms with Gasteiger partial charge < -0.3 is 11.1 Å². The number of halogens is 2. The summed E-state index contributed by atoms with van der Waals surface area (Å²) in [5.41, 5.74) is 5.83. The molecule has 0 aliphatic heterocycles. The van der Waals surface area contributed by atoms with Crippen molar-refractivity contribution in [3.8, 4) is 0 Å². The van der Waals surface area contributed by atoms with Crippen molar-refractivity contribution in [2.45, 2.75) is 0 Å². The predicted molar refractivity (Wildman–Crippen MR) is 63.7 cm³/mol. The lowest BCUT2D eigenvalue weighted by molar-refractivity contribution is 0.102. The van der Waals surface area contributed by atoms with Crippen molar-refractivity contribution < 1.29 is 9.18 Å². The number of aromatic nitrogens is 2. The Morgan fingerprint density at radius 1 is 1.47 bits per heavy atom. The molecule has 0 atom stereocenters. The molecule has 0 saturated carbocycles. The molecular weight excluding hydrogens is 267 g/mol. The van der Waals surface area contributed by atoms with Crippen molar-refractivity contribution in [3.05, 3.63) is 34.7 Å². The number of rotatable bonds is 2. The van der Waals surface area contributed by atoms with Crippen molar-refractivity contribution >= 4 is 40.7 Å². The number of nitrogens with one attached hydrogen (secondary N) is 1. The molecule has 3 N–H and O–H groups in total. The molecule has 2 rings (SSSR count). The second kappa shape index (κ2) is 4.64. The van der Waals surface area contributed by atoms with E-state index in [1.54, 1.807) is 0 Å². The number of nitrogens with two attached hydrogens (primary N) is 1. The second-order valence-electron chi connectivity index (χ2n) is 3.08. The average molecular weight is 273 g/mol. The fraction of sp³-hybridized carbons (Fsp3) is 0. The predicted octanol–water partition coefficient (Wildman–Crippen LogP) is 2.17. The minimum Gasteiger partial charge on any atom is -0.381 e. The number of benzene rings is 1. The quantitative estimate of drug-likeness (QED) is 0.878. The fourth-order valence-electron chi connectivity index (χ4n) is 1.12. The molecule has 0 aliphatic carbocycles. The maximum Gasteiger partial charge on any atom is 0.279 e. The lowest BCUT2D eigenvalue weighted by Crippen LogP contribution is -2.14. The Balaban J connectivity index is 2.19. The van der Waals surface area contributed by atoms with Crippen LogP contribution in [0.1, 0.15) is 10.5 Å². The molecule has 1 aromatic heterocycles. The van der Waals surface area contributed by atoms with Crippen LogP contribution in [0.3, 0.4) is 0 Å². The minimum absolute atomic E-state index is 0.0375. The summed E-state index contributed by atoms with van der Waals surface area (Å²) in [6.45, 7) is 0. The van der Waals surface area contributed by atoms with E-state index in [4.69, 9.17) is 17.3 Å². The van der Waals surface area contributed by atoms with Crippen molar-refractivity contribution in [3.63, 3.8) is 0 Å². The van der Waals surface area contributed by atoms with E-state index in [-0.39, 0.29) is 16.5 Å². The van der Waals surface area contributed by atoms with E-state index < -0.39 is 11.7 Å². The van der Waals surface area contributed by atoms with E-state index in [0.29, 0.717) is 5.69 Å². The topological polar surface area (TPSA) is 80.9 Å². The van der Waals surface area contributed by atoms with Gasteiger partial charge in [-0.05, 0) is 18.2 Å². The molecule has 0 spiro atoms. The first-order chi connectivity index (χ1) is 8.08. The minimum atomic E-state index is -0.556. The van der Waals surface area contributed by atoms with E-state index in [1.807, 2.05) is 0 Å². The van der Waals surface area contributed by atoms with E-state index in [2.05, 4.69) is 14.1 Å². The molecule has 88 valence electrons. The molecule has 1 heterocycles. The van der Waals surface area contributed by atoms with E-state index in [9.17, 15) is 9.18 Å². The number of nitrogens with zero attached hydrogens (tertiary/aromatic N) is 2. The number of hydrogen-bond acceptors (Lipinski definition) is 5. The molecule has 1 amide bonds. The van der Waals surface area contributed by atoms with Gasteiger partial charge in [0.15, 0.2) is 11.5 Å². The highest BCUT2D eigenvalue weighted by Gasteiger charge is 2.14. The largest absolute Gasteiger partial charge is 0.381 e. The van der Waals surface area contributed by atoms with Crippen LogP contribution in [0.2, 0.25) is 5.02 Å².